The van der Waals surface area contributed by atoms with Crippen LogP contribution in [0.15, 0.2) is 128 Å². The highest BCUT2D eigenvalue weighted by Crippen LogP contribution is 2.27. The van der Waals surface area contributed by atoms with Crippen LogP contribution in [0.2, 0.25) is 5.15 Å². The van der Waals surface area contributed by atoms with Crippen molar-refractivity contribution in [2.45, 2.75) is 129 Å². The van der Waals surface area contributed by atoms with Crippen LogP contribution in [0.25, 0.3) is 17.1 Å². The molecule has 0 unspecified atom stereocenters. The molecule has 9 aromatic rings. The third-order valence-electron chi connectivity index (χ3n) is 17.0. The third kappa shape index (κ3) is 19.0. The zero-order valence-corrected chi connectivity index (χ0v) is 55.4. The van der Waals surface area contributed by atoms with E-state index in [2.05, 4.69) is 81.4 Å². The summed E-state index contributed by atoms with van der Waals surface area (Å²) < 4.78 is 0. The molecule has 3 aliphatic rings. The monoisotopic (exact) mass is 1340 g/mol. The lowest BCUT2D eigenvalue weighted by atomic mass is 10.1. The minimum atomic E-state index is -0.0224. The zero-order valence-electron chi connectivity index (χ0n) is 54.7. The summed E-state index contributed by atoms with van der Waals surface area (Å²) in [5.41, 5.74) is 11.3. The van der Waals surface area contributed by atoms with E-state index >= 15 is 0 Å². The van der Waals surface area contributed by atoms with E-state index in [0.29, 0.717) is 81.9 Å². The van der Waals surface area contributed by atoms with Gasteiger partial charge in [0.25, 0.3) is 17.7 Å². The van der Waals surface area contributed by atoms with Gasteiger partial charge in [-0.2, -0.15) is 45.0 Å². The number of nitrogens with zero attached hydrogens (tertiary/aromatic N) is 17. The van der Waals surface area contributed by atoms with Crippen LogP contribution < -0.4 is 15.1 Å². The topological polar surface area (TPSA) is 265 Å². The Morgan fingerprint density at radius 2 is 0.835 bits per heavy atom. The van der Waals surface area contributed by atoms with Gasteiger partial charge in [-0.25, -0.2) is 15.0 Å². The molecule has 3 aliphatic heterocycles. The molecule has 97 heavy (non-hydrogen) atoms. The molecule has 514 valence electrons. The van der Waals surface area contributed by atoms with Crippen molar-refractivity contribution in [2.75, 3.05) is 68.7 Å². The number of aromatic nitrogens is 12. The van der Waals surface area contributed by atoms with E-state index in [4.69, 9.17) is 11.6 Å². The van der Waals surface area contributed by atoms with E-state index in [-0.39, 0.29) is 64.7 Å². The molecule has 9 heterocycles. The van der Waals surface area contributed by atoms with Gasteiger partial charge in [0.1, 0.15) is 16.8 Å². The number of benzene rings is 3. The number of aryl methyl sites for hydroxylation is 6. The summed E-state index contributed by atoms with van der Waals surface area (Å²) in [6.45, 7) is 24.4. The molecule has 3 saturated heterocycles. The molecular weight excluding hydrogens is 1250 g/mol. The van der Waals surface area contributed by atoms with Crippen LogP contribution >= 0.6 is 11.6 Å². The molecule has 3 atom stereocenters. The second kappa shape index (κ2) is 35.7. The lowest BCUT2D eigenvalue weighted by molar-refractivity contribution is 0.0696. The fourth-order valence-electron chi connectivity index (χ4n) is 11.4. The standard InChI is InChI=1S/C23H28N6O2.C23H26N6O2.C16H21N5O.C7H6ClNO.3CH4/c2*1-16-4-6-21(29-24-9-10-25-29)20(14-16)23(31)28-13-12-27(11-8-17(28)2)22-7-5-19(15-30)18(3)26-22;1-12-3-4-15(21-18-7-8-19-21)14(11-12)16(22)20-10-9-17-6-5-13(20)2;1-5-6(4-10)2-3-7(8)9-5;;;/h4-7,9-10,14,17,30H,8,11-13,15H2,1-3H3;4-7,9-10,14-15,17H,8,11-13H2,1-3H3;3-4,7-8,11,13,17H,5-6,9-10H2,1-2H3;2-4H,1H3;3*1H4/t2*17-;13-;;;;/m111..../s1. The fraction of sp³-hybridized carbons (Fsp3) is 0.389. The van der Waals surface area contributed by atoms with Crippen LogP contribution in [-0.4, -0.2) is 187 Å². The van der Waals surface area contributed by atoms with Gasteiger partial charge in [0.05, 0.1) is 83.2 Å². The summed E-state index contributed by atoms with van der Waals surface area (Å²) in [6, 6.07) is 28.5. The van der Waals surface area contributed by atoms with Crippen molar-refractivity contribution in [1.29, 1.82) is 0 Å². The fourth-order valence-corrected chi connectivity index (χ4v) is 11.6. The Morgan fingerprint density at radius 3 is 1.22 bits per heavy atom. The number of amides is 3. The van der Waals surface area contributed by atoms with E-state index in [1.807, 2.05) is 122 Å². The quantitative estimate of drug-likeness (QED) is 0.0900. The molecule has 0 bridgehead atoms. The van der Waals surface area contributed by atoms with Crippen molar-refractivity contribution in [2.24, 2.45) is 0 Å². The molecular formula is C72H93ClN18O6. The van der Waals surface area contributed by atoms with Crippen LogP contribution in [0.5, 0.6) is 0 Å². The first-order valence-electron chi connectivity index (χ1n) is 31.5. The molecule has 0 spiro atoms. The Kier molecular flexibility index (Phi) is 28.0. The Labute approximate surface area is 574 Å². The molecule has 0 saturated carbocycles. The molecule has 3 fully saturated rings. The normalized spacial score (nSPS) is 16.1. The second-order valence-corrected chi connectivity index (χ2v) is 24.0. The van der Waals surface area contributed by atoms with Gasteiger partial charge in [-0.05, 0) is 160 Å². The van der Waals surface area contributed by atoms with Crippen LogP contribution in [0.3, 0.4) is 0 Å². The molecule has 2 N–H and O–H groups in total. The molecule has 25 heteroatoms. The summed E-state index contributed by atoms with van der Waals surface area (Å²) in [5.74, 6) is 1.73. The van der Waals surface area contributed by atoms with Crippen LogP contribution in [-0.2, 0) is 6.61 Å². The summed E-state index contributed by atoms with van der Waals surface area (Å²) in [6.07, 6.45) is 13.9. The van der Waals surface area contributed by atoms with Gasteiger partial charge >= 0.3 is 0 Å². The summed E-state index contributed by atoms with van der Waals surface area (Å²) in [7, 11) is 0. The van der Waals surface area contributed by atoms with Gasteiger partial charge in [-0.1, -0.05) is 74.8 Å². The highest BCUT2D eigenvalue weighted by atomic mass is 35.5. The minimum Gasteiger partial charge on any atom is -0.392 e. The average Bonchev–Trinajstić information content (AvgIpc) is 1.81. The first kappa shape index (κ1) is 76.1. The summed E-state index contributed by atoms with van der Waals surface area (Å²) in [5, 5.41) is 38.3. The minimum absolute atomic E-state index is 0. The van der Waals surface area contributed by atoms with Gasteiger partial charge in [0.15, 0.2) is 12.6 Å². The smallest absolute Gasteiger partial charge is 0.256 e. The van der Waals surface area contributed by atoms with Crippen LogP contribution in [0.4, 0.5) is 11.6 Å². The summed E-state index contributed by atoms with van der Waals surface area (Å²) in [4.78, 5) is 89.4. The van der Waals surface area contributed by atoms with E-state index in [1.165, 1.54) is 14.4 Å². The average molecular weight is 1340 g/mol. The van der Waals surface area contributed by atoms with Crippen molar-refractivity contribution in [3.05, 3.63) is 200 Å². The van der Waals surface area contributed by atoms with Crippen molar-refractivity contribution in [3.63, 3.8) is 0 Å². The molecule has 12 rings (SSSR count). The number of aldehydes is 2. The Balaban J connectivity index is 0.000000214. The number of hydrogen-bond donors (Lipinski definition) is 2. The first-order chi connectivity index (χ1) is 45.3. The van der Waals surface area contributed by atoms with E-state index < -0.39 is 0 Å². The van der Waals surface area contributed by atoms with Gasteiger partial charge in [-0.15, -0.1) is 0 Å². The number of pyridine rings is 3. The lowest BCUT2D eigenvalue weighted by Gasteiger charge is -2.27. The number of carbonyl (C=O) groups excluding carboxylic acids is 5. The molecule has 3 aromatic carbocycles. The predicted octanol–water partition coefficient (Wildman–Crippen LogP) is 10.5. The maximum Gasteiger partial charge on any atom is 0.256 e. The molecule has 0 radical (unpaired) electrons. The Bertz CT molecular complexity index is 4060. The first-order valence-corrected chi connectivity index (χ1v) is 31.9. The number of halogens is 1. The second-order valence-electron chi connectivity index (χ2n) is 23.6. The van der Waals surface area contributed by atoms with Gasteiger partial charge in [0, 0.05) is 93.0 Å². The highest BCUT2D eigenvalue weighted by molar-refractivity contribution is 6.29. The van der Waals surface area contributed by atoms with Crippen molar-refractivity contribution < 1.29 is 29.1 Å². The highest BCUT2D eigenvalue weighted by Gasteiger charge is 2.31. The number of aliphatic hydroxyl groups is 1. The largest absolute Gasteiger partial charge is 0.392 e. The number of nitrogens with one attached hydrogen (secondary N) is 1. The number of hydrogen-bond acceptors (Lipinski definition) is 18. The molecule has 0 aliphatic carbocycles. The molecule has 6 aromatic heterocycles. The van der Waals surface area contributed by atoms with Crippen molar-refractivity contribution in [1.82, 2.24) is 80.0 Å². The van der Waals surface area contributed by atoms with Crippen LogP contribution in [0, 0.1) is 41.5 Å². The van der Waals surface area contributed by atoms with E-state index in [9.17, 15) is 29.1 Å². The SMILES string of the molecule is C.C.C.Cc1ccc(-n2nccn2)c(C(=O)N2CCN(c3ccc(C=O)c(C)n3)CC[C@H]2C)c1.Cc1ccc(-n2nccn2)c(C(=O)N2CCN(c3ccc(CO)c(C)n3)CC[C@H]2C)c1.Cc1ccc(-n2nccn2)c(C(=O)N2CCNCC[C@H]2C)c1.Cc1nc(Cl)ccc1C=O. The van der Waals surface area contributed by atoms with Gasteiger partial charge in [-0.3, -0.25) is 24.0 Å². The molecule has 3 amide bonds. The summed E-state index contributed by atoms with van der Waals surface area (Å²) >= 11 is 5.55. The maximum atomic E-state index is 13.6. The lowest BCUT2D eigenvalue weighted by Crippen LogP contribution is -2.40. The van der Waals surface area contributed by atoms with Crippen molar-refractivity contribution >= 4 is 53.5 Å². The maximum absolute atomic E-state index is 13.6. The van der Waals surface area contributed by atoms with Crippen LogP contribution in [0.1, 0.15) is 153 Å². The van der Waals surface area contributed by atoms with Gasteiger partial charge in [0.2, 0.25) is 0 Å². The number of aliphatic hydroxyl groups excluding tert-OH is 1. The van der Waals surface area contributed by atoms with Crippen molar-refractivity contribution in [3.8, 4) is 17.1 Å². The Morgan fingerprint density at radius 1 is 0.464 bits per heavy atom. The number of rotatable bonds is 11. The van der Waals surface area contributed by atoms with E-state index in [1.54, 1.807) is 62.3 Å². The zero-order chi connectivity index (χ0) is 67.0. The van der Waals surface area contributed by atoms with Gasteiger partial charge < -0.3 is 34.9 Å². The molecule has 24 nitrogen and oxygen atoms in total. The van der Waals surface area contributed by atoms with E-state index in [0.717, 1.165) is 110 Å². The number of anilines is 2. The number of carbonyl (C=O) groups is 5. The third-order valence-corrected chi connectivity index (χ3v) is 17.2. The predicted molar refractivity (Wildman–Crippen MR) is 380 cm³/mol. The Hall–Kier alpha value is -9.91.